The number of hydrogen-bond acceptors (Lipinski definition) is 3. The fraction of sp³-hybridized carbons (Fsp3) is 0.562. The van der Waals surface area contributed by atoms with Crippen LogP contribution in [0.25, 0.3) is 0 Å². The van der Waals surface area contributed by atoms with Gasteiger partial charge in [-0.15, -0.1) is 0 Å². The molecule has 1 aromatic rings. The first kappa shape index (κ1) is 14.8. The Bertz CT molecular complexity index is 546. The van der Waals surface area contributed by atoms with Gasteiger partial charge < -0.3 is 10.2 Å². The molecule has 0 bridgehead atoms. The Morgan fingerprint density at radius 1 is 1.43 bits per heavy atom. The maximum atomic E-state index is 12.5. The molecule has 0 aromatic heterocycles. The first-order valence-electron chi connectivity index (χ1n) is 7.54. The Morgan fingerprint density at radius 3 is 3.00 bits per heavy atom. The quantitative estimate of drug-likeness (QED) is 0.903. The van der Waals surface area contributed by atoms with Gasteiger partial charge in [-0.05, 0) is 36.1 Å². The summed E-state index contributed by atoms with van der Waals surface area (Å²) in [6.07, 6.45) is 2.13. The number of fused-ring (bicyclic) bond motifs is 1. The standard InChI is InChI=1S/C16H22ClN3O/c1-19(2)16(21)15-10-18-7-8-20(15)14-6-3-11-9-12(17)4-5-13(11)14/h4-5,9,14-15,18H,3,6-8,10H2,1-2H3. The summed E-state index contributed by atoms with van der Waals surface area (Å²) in [7, 11) is 3.66. The van der Waals surface area contributed by atoms with E-state index in [9.17, 15) is 4.79 Å². The van der Waals surface area contributed by atoms with Crippen molar-refractivity contribution in [1.29, 1.82) is 0 Å². The minimum atomic E-state index is -0.0691. The molecule has 0 spiro atoms. The molecule has 3 rings (SSSR count). The maximum absolute atomic E-state index is 12.5. The molecule has 1 amide bonds. The fourth-order valence-corrected chi connectivity index (χ4v) is 3.72. The molecule has 0 saturated carbocycles. The van der Waals surface area contributed by atoms with E-state index in [1.807, 2.05) is 20.2 Å². The lowest BCUT2D eigenvalue weighted by molar-refractivity contribution is -0.136. The lowest BCUT2D eigenvalue weighted by Crippen LogP contribution is -2.58. The molecule has 2 unspecified atom stereocenters. The van der Waals surface area contributed by atoms with Gasteiger partial charge in [-0.2, -0.15) is 0 Å². The summed E-state index contributed by atoms with van der Waals surface area (Å²) in [5.74, 6) is 0.185. The van der Waals surface area contributed by atoms with Crippen molar-refractivity contribution in [3.8, 4) is 0 Å². The third kappa shape index (κ3) is 2.80. The Kier molecular flexibility index (Phi) is 4.20. The van der Waals surface area contributed by atoms with Crippen LogP contribution < -0.4 is 5.32 Å². The summed E-state index contributed by atoms with van der Waals surface area (Å²) in [6, 6.07) is 6.44. The van der Waals surface area contributed by atoms with Gasteiger partial charge in [0, 0.05) is 44.8 Å². The molecule has 1 aliphatic heterocycles. The summed E-state index contributed by atoms with van der Waals surface area (Å²) >= 11 is 6.09. The molecule has 4 nitrogen and oxygen atoms in total. The minimum absolute atomic E-state index is 0.0691. The van der Waals surface area contributed by atoms with E-state index in [-0.39, 0.29) is 11.9 Å². The van der Waals surface area contributed by atoms with Gasteiger partial charge in [0.25, 0.3) is 0 Å². The number of aryl methyl sites for hydroxylation is 1. The highest BCUT2D eigenvalue weighted by molar-refractivity contribution is 6.30. The van der Waals surface area contributed by atoms with Gasteiger partial charge in [-0.3, -0.25) is 9.69 Å². The molecule has 0 radical (unpaired) electrons. The average Bonchev–Trinajstić information content (AvgIpc) is 2.89. The third-order valence-electron chi connectivity index (χ3n) is 4.56. The van der Waals surface area contributed by atoms with Crippen LogP contribution in [0.5, 0.6) is 0 Å². The van der Waals surface area contributed by atoms with Crippen molar-refractivity contribution in [3.05, 3.63) is 34.3 Å². The van der Waals surface area contributed by atoms with Crippen LogP contribution in [0.2, 0.25) is 5.02 Å². The van der Waals surface area contributed by atoms with Crippen molar-refractivity contribution in [2.75, 3.05) is 33.7 Å². The molecule has 114 valence electrons. The van der Waals surface area contributed by atoms with E-state index in [1.54, 1.807) is 4.90 Å². The number of piperazine rings is 1. The molecule has 1 aliphatic carbocycles. The topological polar surface area (TPSA) is 35.6 Å². The highest BCUT2D eigenvalue weighted by Crippen LogP contribution is 2.38. The van der Waals surface area contributed by atoms with Crippen LogP contribution in [0.4, 0.5) is 0 Å². The van der Waals surface area contributed by atoms with Gasteiger partial charge in [-0.1, -0.05) is 17.7 Å². The van der Waals surface area contributed by atoms with Gasteiger partial charge in [0.2, 0.25) is 5.91 Å². The zero-order valence-corrected chi connectivity index (χ0v) is 13.4. The lowest BCUT2D eigenvalue weighted by atomic mass is 10.0. The zero-order valence-electron chi connectivity index (χ0n) is 12.6. The van der Waals surface area contributed by atoms with E-state index >= 15 is 0 Å². The van der Waals surface area contributed by atoms with E-state index < -0.39 is 0 Å². The van der Waals surface area contributed by atoms with Crippen molar-refractivity contribution < 1.29 is 4.79 Å². The molecule has 2 aliphatic rings. The van der Waals surface area contributed by atoms with E-state index in [2.05, 4.69) is 22.3 Å². The number of halogens is 1. The van der Waals surface area contributed by atoms with Gasteiger partial charge in [0.15, 0.2) is 0 Å². The summed E-state index contributed by atoms with van der Waals surface area (Å²) in [5.41, 5.74) is 2.68. The predicted octanol–water partition coefficient (Wildman–Crippen LogP) is 1.69. The second-order valence-corrected chi connectivity index (χ2v) is 6.52. The van der Waals surface area contributed by atoms with E-state index in [0.29, 0.717) is 6.04 Å². The second kappa shape index (κ2) is 5.95. The highest BCUT2D eigenvalue weighted by atomic mass is 35.5. The Balaban J connectivity index is 1.87. The van der Waals surface area contributed by atoms with Crippen molar-refractivity contribution in [1.82, 2.24) is 15.1 Å². The first-order chi connectivity index (χ1) is 10.1. The average molecular weight is 308 g/mol. The highest BCUT2D eigenvalue weighted by Gasteiger charge is 2.37. The van der Waals surface area contributed by atoms with Crippen LogP contribution in [-0.2, 0) is 11.2 Å². The molecular formula is C16H22ClN3O. The third-order valence-corrected chi connectivity index (χ3v) is 4.80. The maximum Gasteiger partial charge on any atom is 0.240 e. The van der Waals surface area contributed by atoms with Gasteiger partial charge in [0.05, 0.1) is 0 Å². The number of amides is 1. The number of nitrogens with one attached hydrogen (secondary N) is 1. The molecule has 5 heteroatoms. The Labute approximate surface area is 131 Å². The molecule has 1 aromatic carbocycles. The van der Waals surface area contributed by atoms with Crippen molar-refractivity contribution in [2.45, 2.75) is 24.9 Å². The second-order valence-electron chi connectivity index (χ2n) is 6.09. The Hall–Kier alpha value is -1.10. The smallest absolute Gasteiger partial charge is 0.240 e. The molecule has 2 atom stereocenters. The predicted molar refractivity (Wildman–Crippen MR) is 84.6 cm³/mol. The van der Waals surface area contributed by atoms with Gasteiger partial charge in [-0.25, -0.2) is 0 Å². The SMILES string of the molecule is CN(C)C(=O)C1CNCCN1C1CCc2cc(Cl)ccc21. The number of likely N-dealkylation sites (N-methyl/N-ethyl adjacent to an activating group) is 1. The van der Waals surface area contributed by atoms with Crippen LogP contribution in [0.3, 0.4) is 0 Å². The van der Waals surface area contributed by atoms with Crippen molar-refractivity contribution >= 4 is 17.5 Å². The van der Waals surface area contributed by atoms with E-state index in [4.69, 9.17) is 11.6 Å². The first-order valence-corrected chi connectivity index (χ1v) is 7.91. The summed E-state index contributed by atoms with van der Waals surface area (Å²) in [5, 5.41) is 4.15. The lowest BCUT2D eigenvalue weighted by Gasteiger charge is -2.40. The van der Waals surface area contributed by atoms with E-state index in [1.165, 1.54) is 11.1 Å². The number of rotatable bonds is 2. The molecule has 21 heavy (non-hydrogen) atoms. The summed E-state index contributed by atoms with van der Waals surface area (Å²) in [4.78, 5) is 16.5. The van der Waals surface area contributed by atoms with Crippen LogP contribution in [0.1, 0.15) is 23.6 Å². The van der Waals surface area contributed by atoms with E-state index in [0.717, 1.165) is 37.5 Å². The molecule has 1 N–H and O–H groups in total. The normalized spacial score (nSPS) is 25.7. The largest absolute Gasteiger partial charge is 0.347 e. The van der Waals surface area contributed by atoms with Crippen molar-refractivity contribution in [3.63, 3.8) is 0 Å². The molecule has 1 saturated heterocycles. The molecular weight excluding hydrogens is 286 g/mol. The zero-order chi connectivity index (χ0) is 15.0. The van der Waals surface area contributed by atoms with Crippen molar-refractivity contribution in [2.24, 2.45) is 0 Å². The van der Waals surface area contributed by atoms with Crippen LogP contribution in [-0.4, -0.2) is 55.5 Å². The van der Waals surface area contributed by atoms with Crippen LogP contribution >= 0.6 is 11.6 Å². The monoisotopic (exact) mass is 307 g/mol. The molecule has 1 fully saturated rings. The van der Waals surface area contributed by atoms with Crippen LogP contribution in [0, 0.1) is 0 Å². The minimum Gasteiger partial charge on any atom is -0.347 e. The van der Waals surface area contributed by atoms with Crippen LogP contribution in [0.15, 0.2) is 18.2 Å². The number of hydrogen-bond donors (Lipinski definition) is 1. The Morgan fingerprint density at radius 2 is 2.24 bits per heavy atom. The fourth-order valence-electron chi connectivity index (χ4n) is 3.53. The molecule has 1 heterocycles. The number of nitrogens with zero attached hydrogens (tertiary/aromatic N) is 2. The number of carbonyl (C=O) groups is 1. The number of carbonyl (C=O) groups excluding carboxylic acids is 1. The number of benzene rings is 1. The van der Waals surface area contributed by atoms with Gasteiger partial charge >= 0.3 is 0 Å². The van der Waals surface area contributed by atoms with Gasteiger partial charge in [0.1, 0.15) is 6.04 Å². The summed E-state index contributed by atoms with van der Waals surface area (Å²) < 4.78 is 0. The summed E-state index contributed by atoms with van der Waals surface area (Å²) in [6.45, 7) is 2.59.